The lowest BCUT2D eigenvalue weighted by molar-refractivity contribution is -0.385. The second-order valence-corrected chi connectivity index (χ2v) is 8.58. The van der Waals surface area contributed by atoms with Crippen molar-refractivity contribution in [1.29, 1.82) is 0 Å². The second kappa shape index (κ2) is 11.7. The van der Waals surface area contributed by atoms with E-state index in [-0.39, 0.29) is 17.9 Å². The fraction of sp³-hybridized carbons (Fsp3) is 0.0323. The Bertz CT molecular complexity index is 1690. The van der Waals surface area contributed by atoms with Crippen LogP contribution in [0, 0.1) is 10.1 Å². The number of rotatable bonds is 8. The highest BCUT2D eigenvalue weighted by Gasteiger charge is 2.19. The topological polar surface area (TPSA) is 107 Å². The Balaban J connectivity index is 1.27. The number of benzene rings is 5. The highest BCUT2D eigenvalue weighted by molar-refractivity contribution is 5.90. The molecule has 0 N–H and O–H groups in total. The quantitative estimate of drug-likeness (QED) is 0.0521. The van der Waals surface area contributed by atoms with Crippen molar-refractivity contribution in [2.45, 2.75) is 6.42 Å². The first-order chi connectivity index (χ1) is 19.0. The minimum Gasteiger partial charge on any atom is -0.419 e. The molecule has 0 saturated heterocycles. The summed E-state index contributed by atoms with van der Waals surface area (Å²) in [5.41, 5.74) is 3.02. The number of hydrogen-bond acceptors (Lipinski definition) is 7. The zero-order chi connectivity index (χ0) is 27.0. The average molecular weight is 515 g/mol. The van der Waals surface area contributed by atoms with Gasteiger partial charge in [-0.05, 0) is 70.4 Å². The van der Waals surface area contributed by atoms with Gasteiger partial charge in [-0.2, -0.15) is 10.2 Å². The van der Waals surface area contributed by atoms with Gasteiger partial charge in [-0.1, -0.05) is 60.7 Å². The summed E-state index contributed by atoms with van der Waals surface area (Å²) < 4.78 is 5.40. The lowest BCUT2D eigenvalue weighted by Gasteiger charge is -2.08. The van der Waals surface area contributed by atoms with Crippen molar-refractivity contribution in [1.82, 2.24) is 0 Å². The lowest BCUT2D eigenvalue weighted by Crippen LogP contribution is -2.12. The molecule has 39 heavy (non-hydrogen) atoms. The molecule has 0 spiro atoms. The predicted octanol–water partition coefficient (Wildman–Crippen LogP) is 8.06. The van der Waals surface area contributed by atoms with Gasteiger partial charge in [0.15, 0.2) is 0 Å². The third kappa shape index (κ3) is 6.44. The van der Waals surface area contributed by atoms with Crippen molar-refractivity contribution < 1.29 is 14.5 Å². The SMILES string of the molecule is O=C(Cc1cccc2ccccc12)Oc1ccc(C=Nc2ccc(N=Nc3ccccc3)cc2)cc1[N+](=O)[O-]. The number of nitrogens with zero attached hydrogens (tertiary/aromatic N) is 4. The number of hydrogen-bond donors (Lipinski definition) is 0. The van der Waals surface area contributed by atoms with Crippen LogP contribution in [0.4, 0.5) is 22.7 Å². The van der Waals surface area contributed by atoms with Crippen molar-refractivity contribution in [3.8, 4) is 5.75 Å². The number of ether oxygens (including phenoxy) is 1. The van der Waals surface area contributed by atoms with Gasteiger partial charge in [-0.15, -0.1) is 0 Å². The number of carbonyl (C=O) groups is 1. The molecular weight excluding hydrogens is 492 g/mol. The van der Waals surface area contributed by atoms with Gasteiger partial charge in [0, 0.05) is 12.3 Å². The molecule has 5 aromatic carbocycles. The molecule has 8 nitrogen and oxygen atoms in total. The summed E-state index contributed by atoms with van der Waals surface area (Å²) in [6.07, 6.45) is 1.50. The van der Waals surface area contributed by atoms with Crippen LogP contribution < -0.4 is 4.74 Å². The Kier molecular flexibility index (Phi) is 7.55. The highest BCUT2D eigenvalue weighted by atomic mass is 16.6. The molecule has 0 aromatic heterocycles. The van der Waals surface area contributed by atoms with E-state index in [9.17, 15) is 14.9 Å². The Morgan fingerprint density at radius 1 is 0.769 bits per heavy atom. The van der Waals surface area contributed by atoms with Gasteiger partial charge in [-0.3, -0.25) is 19.9 Å². The molecule has 0 saturated carbocycles. The van der Waals surface area contributed by atoms with Crippen LogP contribution in [0.3, 0.4) is 0 Å². The minimum atomic E-state index is -0.583. The highest BCUT2D eigenvalue weighted by Crippen LogP contribution is 2.29. The van der Waals surface area contributed by atoms with Gasteiger partial charge in [0.25, 0.3) is 0 Å². The van der Waals surface area contributed by atoms with Gasteiger partial charge in [0.2, 0.25) is 5.75 Å². The van der Waals surface area contributed by atoms with E-state index in [4.69, 9.17) is 4.74 Å². The molecule has 0 unspecified atom stereocenters. The minimum absolute atomic E-state index is 0.0113. The molecule has 0 amide bonds. The molecular formula is C31H22N4O4. The van der Waals surface area contributed by atoms with E-state index in [1.165, 1.54) is 18.3 Å². The van der Waals surface area contributed by atoms with Gasteiger partial charge < -0.3 is 4.74 Å². The number of fused-ring (bicyclic) bond motifs is 1. The molecule has 190 valence electrons. The molecule has 5 rings (SSSR count). The summed E-state index contributed by atoms with van der Waals surface area (Å²) >= 11 is 0. The van der Waals surface area contributed by atoms with Crippen LogP contribution in [0.5, 0.6) is 5.75 Å². The van der Waals surface area contributed by atoms with Crippen molar-refractivity contribution in [3.05, 3.63) is 137 Å². The molecule has 0 heterocycles. The van der Waals surface area contributed by atoms with E-state index >= 15 is 0 Å². The van der Waals surface area contributed by atoms with Gasteiger partial charge in [0.1, 0.15) is 0 Å². The van der Waals surface area contributed by atoms with Crippen LogP contribution in [-0.2, 0) is 11.2 Å². The van der Waals surface area contributed by atoms with E-state index < -0.39 is 10.9 Å². The van der Waals surface area contributed by atoms with Gasteiger partial charge in [-0.25, -0.2) is 0 Å². The molecule has 0 fully saturated rings. The van der Waals surface area contributed by atoms with Crippen LogP contribution >= 0.6 is 0 Å². The van der Waals surface area contributed by atoms with Crippen molar-refractivity contribution in [2.75, 3.05) is 0 Å². The molecule has 0 bridgehead atoms. The maximum Gasteiger partial charge on any atom is 0.315 e. The first-order valence-corrected chi connectivity index (χ1v) is 12.1. The molecule has 0 aliphatic rings. The Labute approximate surface area is 224 Å². The van der Waals surface area contributed by atoms with E-state index in [1.807, 2.05) is 72.8 Å². The average Bonchev–Trinajstić information content (AvgIpc) is 2.96. The summed E-state index contributed by atoms with van der Waals surface area (Å²) in [5.74, 6) is -0.698. The normalized spacial score (nSPS) is 11.3. The van der Waals surface area contributed by atoms with Gasteiger partial charge >= 0.3 is 11.7 Å². The summed E-state index contributed by atoms with van der Waals surface area (Å²) in [6.45, 7) is 0. The van der Waals surface area contributed by atoms with Gasteiger partial charge in [0.05, 0.1) is 28.4 Å². The van der Waals surface area contributed by atoms with Crippen molar-refractivity contribution in [2.24, 2.45) is 15.2 Å². The van der Waals surface area contributed by atoms with Crippen molar-refractivity contribution in [3.63, 3.8) is 0 Å². The Hall–Kier alpha value is -5.50. The summed E-state index contributed by atoms with van der Waals surface area (Å²) in [4.78, 5) is 28.2. The number of carbonyl (C=O) groups excluding carboxylic acids is 1. The third-order valence-corrected chi connectivity index (χ3v) is 5.87. The van der Waals surface area contributed by atoms with Crippen LogP contribution in [0.1, 0.15) is 11.1 Å². The standard InChI is InChI=1S/C31H22N4O4/c36-31(20-24-9-6-8-23-7-4-5-12-28(23)24)39-30-18-13-22(19-29(30)35(37)38)21-32-25-14-16-27(17-15-25)34-33-26-10-2-1-3-11-26/h1-19,21H,20H2. The number of esters is 1. The molecule has 5 aromatic rings. The first kappa shape index (κ1) is 25.2. The fourth-order valence-corrected chi connectivity index (χ4v) is 3.97. The van der Waals surface area contributed by atoms with E-state index in [0.717, 1.165) is 22.0 Å². The summed E-state index contributed by atoms with van der Waals surface area (Å²) in [6, 6.07) is 34.2. The smallest absolute Gasteiger partial charge is 0.315 e. The molecule has 0 atom stereocenters. The van der Waals surface area contributed by atoms with Crippen LogP contribution in [0.2, 0.25) is 0 Å². The number of nitro benzene ring substituents is 1. The Morgan fingerprint density at radius 3 is 2.21 bits per heavy atom. The fourth-order valence-electron chi connectivity index (χ4n) is 3.97. The maximum atomic E-state index is 12.7. The van der Waals surface area contributed by atoms with Crippen LogP contribution in [0.25, 0.3) is 10.8 Å². The van der Waals surface area contributed by atoms with Crippen LogP contribution in [-0.4, -0.2) is 17.1 Å². The number of azo groups is 1. The first-order valence-electron chi connectivity index (χ1n) is 12.1. The number of nitro groups is 1. The zero-order valence-corrected chi connectivity index (χ0v) is 20.7. The molecule has 0 radical (unpaired) electrons. The second-order valence-electron chi connectivity index (χ2n) is 8.58. The lowest BCUT2D eigenvalue weighted by atomic mass is 10.0. The molecule has 0 aliphatic heterocycles. The molecule has 0 aliphatic carbocycles. The maximum absolute atomic E-state index is 12.7. The zero-order valence-electron chi connectivity index (χ0n) is 20.7. The largest absolute Gasteiger partial charge is 0.419 e. The van der Waals surface area contributed by atoms with Crippen LogP contribution in [0.15, 0.2) is 130 Å². The molecule has 8 heteroatoms. The third-order valence-electron chi connectivity index (χ3n) is 5.87. The monoisotopic (exact) mass is 514 g/mol. The van der Waals surface area contributed by atoms with E-state index in [0.29, 0.717) is 16.9 Å². The van der Waals surface area contributed by atoms with E-state index in [2.05, 4.69) is 15.2 Å². The summed E-state index contributed by atoms with van der Waals surface area (Å²) in [7, 11) is 0. The number of aliphatic imine (C=N–C) groups is 1. The predicted molar refractivity (Wildman–Crippen MR) is 151 cm³/mol. The Morgan fingerprint density at radius 2 is 1.44 bits per heavy atom. The van der Waals surface area contributed by atoms with Crippen molar-refractivity contribution >= 4 is 45.7 Å². The van der Waals surface area contributed by atoms with E-state index in [1.54, 1.807) is 30.3 Å². The summed E-state index contributed by atoms with van der Waals surface area (Å²) in [5, 5.41) is 22.0.